The molecule has 1 atom stereocenters. The Morgan fingerprint density at radius 3 is 2.81 bits per heavy atom. The number of benzene rings is 1. The first-order valence-corrected chi connectivity index (χ1v) is 11.8. The molecule has 0 spiro atoms. The summed E-state index contributed by atoms with van der Waals surface area (Å²) < 4.78 is 28.5. The van der Waals surface area contributed by atoms with E-state index in [4.69, 9.17) is 0 Å². The second kappa shape index (κ2) is 9.25. The van der Waals surface area contributed by atoms with E-state index in [1.165, 1.54) is 34.0 Å². The molecule has 0 bridgehead atoms. The number of aromatic nitrogens is 4. The highest BCUT2D eigenvalue weighted by molar-refractivity contribution is 8.00. The van der Waals surface area contributed by atoms with Gasteiger partial charge in [0.1, 0.15) is 5.82 Å². The van der Waals surface area contributed by atoms with Crippen LogP contribution in [0.2, 0.25) is 0 Å². The molecule has 4 rings (SSSR count). The number of hydrogen-bond acceptors (Lipinski definition) is 7. The lowest BCUT2D eigenvalue weighted by molar-refractivity contribution is -0.115. The molecule has 0 unspecified atom stereocenters. The van der Waals surface area contributed by atoms with Crippen molar-refractivity contribution in [3.63, 3.8) is 0 Å². The highest BCUT2D eigenvalue weighted by Crippen LogP contribution is 2.28. The van der Waals surface area contributed by atoms with Gasteiger partial charge in [-0.25, -0.2) is 13.8 Å². The Balaban J connectivity index is 1.39. The molecule has 1 N–H and O–H groups in total. The summed E-state index contributed by atoms with van der Waals surface area (Å²) >= 11 is 4.18. The fraction of sp³-hybridized carbons (Fsp3) is 0.200. The summed E-state index contributed by atoms with van der Waals surface area (Å²) in [6, 6.07) is 7.62. The lowest BCUT2D eigenvalue weighted by Gasteiger charge is -2.10. The van der Waals surface area contributed by atoms with Gasteiger partial charge >= 0.3 is 0 Å². The van der Waals surface area contributed by atoms with Crippen molar-refractivity contribution in [2.24, 2.45) is 7.05 Å². The van der Waals surface area contributed by atoms with Crippen molar-refractivity contribution in [3.8, 4) is 11.3 Å². The number of nitrogens with zero attached hydrogens (tertiary/aromatic N) is 4. The Hall–Kier alpha value is -2.63. The molecule has 1 aromatic carbocycles. The Morgan fingerprint density at radius 2 is 2.06 bits per heavy atom. The van der Waals surface area contributed by atoms with E-state index in [-0.39, 0.29) is 5.91 Å². The zero-order chi connectivity index (χ0) is 22.0. The van der Waals surface area contributed by atoms with Crippen LogP contribution in [-0.2, 0) is 18.3 Å². The molecule has 0 saturated heterocycles. The fourth-order valence-electron chi connectivity index (χ4n) is 2.71. The third-order valence-electron chi connectivity index (χ3n) is 4.44. The first-order chi connectivity index (χ1) is 14.9. The fourth-order valence-corrected chi connectivity index (χ4v) is 4.97. The maximum atomic E-state index is 13.5. The van der Waals surface area contributed by atoms with Crippen molar-refractivity contribution < 1.29 is 13.6 Å². The summed E-state index contributed by atoms with van der Waals surface area (Å²) in [5.74, 6) is -1.27. The lowest BCUT2D eigenvalue weighted by Crippen LogP contribution is -2.22. The Bertz CT molecular complexity index is 1210. The molecule has 31 heavy (non-hydrogen) atoms. The highest BCUT2D eigenvalue weighted by Gasteiger charge is 2.20. The molecule has 160 valence electrons. The molecule has 0 aliphatic carbocycles. The van der Waals surface area contributed by atoms with Crippen LogP contribution in [0.3, 0.4) is 0 Å². The average Bonchev–Trinajstić information content (AvgIpc) is 3.49. The molecule has 0 aliphatic heterocycles. The van der Waals surface area contributed by atoms with Gasteiger partial charge in [-0.1, -0.05) is 17.8 Å². The number of carbonyl (C=O) groups is 1. The molecular weight excluding hydrogens is 460 g/mol. The van der Waals surface area contributed by atoms with Gasteiger partial charge in [-0.3, -0.25) is 4.79 Å². The van der Waals surface area contributed by atoms with Gasteiger partial charge in [0.2, 0.25) is 5.91 Å². The van der Waals surface area contributed by atoms with Crippen LogP contribution in [0.15, 0.2) is 46.2 Å². The van der Waals surface area contributed by atoms with Crippen molar-refractivity contribution in [2.45, 2.75) is 23.8 Å². The predicted octanol–water partition coefficient (Wildman–Crippen LogP) is 4.99. The first kappa shape index (κ1) is 21.6. The van der Waals surface area contributed by atoms with Crippen molar-refractivity contribution in [1.29, 1.82) is 0 Å². The number of hydrogen-bond donors (Lipinski definition) is 1. The molecule has 3 aromatic heterocycles. The number of halogens is 2. The molecule has 0 saturated carbocycles. The molecular formula is C20H17F2N5OS3. The minimum atomic E-state index is -0.941. The third-order valence-corrected chi connectivity index (χ3v) is 7.21. The van der Waals surface area contributed by atoms with E-state index < -0.39 is 16.9 Å². The standard InChI is InChI=1S/C20H17F2N5OS3/c1-11(31-20-26-25-17(27(20)2)9-13-4-3-7-29-13)18(28)24-19-23-16(10-30-19)12-5-6-14(21)15(22)8-12/h3-8,10-11H,9H2,1-2H3,(H,23,24,28)/t11-/m0/s1. The van der Waals surface area contributed by atoms with E-state index >= 15 is 0 Å². The SMILES string of the molecule is C[C@H](Sc1nnc(Cc2cccs2)n1C)C(=O)Nc1nc(-c2ccc(F)c(F)c2)cs1. The molecule has 1 amide bonds. The molecule has 3 heterocycles. The summed E-state index contributed by atoms with van der Waals surface area (Å²) in [7, 11) is 1.88. The van der Waals surface area contributed by atoms with Crippen molar-refractivity contribution in [3.05, 3.63) is 63.4 Å². The van der Waals surface area contributed by atoms with E-state index in [1.807, 2.05) is 29.1 Å². The number of carbonyl (C=O) groups excluding carboxylic acids is 1. The molecule has 11 heteroatoms. The molecule has 0 fully saturated rings. The largest absolute Gasteiger partial charge is 0.309 e. The van der Waals surface area contributed by atoms with Gasteiger partial charge in [0.15, 0.2) is 21.9 Å². The Kier molecular flexibility index (Phi) is 6.44. The number of thioether (sulfide) groups is 1. The predicted molar refractivity (Wildman–Crippen MR) is 120 cm³/mol. The number of thiazole rings is 1. The van der Waals surface area contributed by atoms with E-state index in [0.29, 0.717) is 28.0 Å². The van der Waals surface area contributed by atoms with Crippen LogP contribution in [0.5, 0.6) is 0 Å². The van der Waals surface area contributed by atoms with Crippen LogP contribution in [0.25, 0.3) is 11.3 Å². The van der Waals surface area contributed by atoms with E-state index in [9.17, 15) is 13.6 Å². The number of anilines is 1. The summed E-state index contributed by atoms with van der Waals surface area (Å²) in [4.78, 5) is 18.1. The number of nitrogens with one attached hydrogen (secondary N) is 1. The van der Waals surface area contributed by atoms with Crippen LogP contribution in [-0.4, -0.2) is 30.9 Å². The minimum Gasteiger partial charge on any atom is -0.309 e. The topological polar surface area (TPSA) is 72.7 Å². The van der Waals surface area contributed by atoms with Crippen LogP contribution >= 0.6 is 34.4 Å². The van der Waals surface area contributed by atoms with Gasteiger partial charge in [0, 0.05) is 29.3 Å². The number of thiophene rings is 1. The van der Waals surface area contributed by atoms with Gasteiger partial charge in [-0.2, -0.15) is 0 Å². The highest BCUT2D eigenvalue weighted by atomic mass is 32.2. The number of amides is 1. The molecule has 0 radical (unpaired) electrons. The van der Waals surface area contributed by atoms with Crippen molar-refractivity contribution in [1.82, 2.24) is 19.7 Å². The van der Waals surface area contributed by atoms with Crippen molar-refractivity contribution in [2.75, 3.05) is 5.32 Å². The molecule has 6 nitrogen and oxygen atoms in total. The van der Waals surface area contributed by atoms with Gasteiger partial charge in [-0.05, 0) is 36.6 Å². The lowest BCUT2D eigenvalue weighted by atomic mass is 10.2. The van der Waals surface area contributed by atoms with Crippen LogP contribution in [0.4, 0.5) is 13.9 Å². The van der Waals surface area contributed by atoms with Crippen LogP contribution in [0, 0.1) is 11.6 Å². The monoisotopic (exact) mass is 477 g/mol. The normalized spacial score (nSPS) is 12.1. The maximum Gasteiger partial charge on any atom is 0.239 e. The number of rotatable bonds is 7. The maximum absolute atomic E-state index is 13.5. The van der Waals surface area contributed by atoms with Crippen LogP contribution in [0.1, 0.15) is 17.6 Å². The van der Waals surface area contributed by atoms with Gasteiger partial charge in [0.05, 0.1) is 10.9 Å². The van der Waals surface area contributed by atoms with E-state index in [2.05, 4.69) is 20.5 Å². The van der Waals surface area contributed by atoms with Gasteiger partial charge in [-0.15, -0.1) is 32.9 Å². The Morgan fingerprint density at radius 1 is 1.23 bits per heavy atom. The summed E-state index contributed by atoms with van der Waals surface area (Å²) in [6.07, 6.45) is 0.689. The smallest absolute Gasteiger partial charge is 0.239 e. The zero-order valence-corrected chi connectivity index (χ0v) is 19.0. The Labute approximate surface area is 189 Å². The first-order valence-electron chi connectivity index (χ1n) is 9.20. The zero-order valence-electron chi connectivity index (χ0n) is 16.5. The van der Waals surface area contributed by atoms with Gasteiger partial charge in [0.25, 0.3) is 0 Å². The third kappa shape index (κ3) is 5.00. The van der Waals surface area contributed by atoms with Crippen molar-refractivity contribution >= 4 is 45.5 Å². The second-order valence-electron chi connectivity index (χ2n) is 6.63. The molecule has 0 aliphatic rings. The summed E-state index contributed by atoms with van der Waals surface area (Å²) in [5.41, 5.74) is 0.904. The second-order valence-corrected chi connectivity index (χ2v) is 9.83. The summed E-state index contributed by atoms with van der Waals surface area (Å²) in [6.45, 7) is 1.78. The van der Waals surface area contributed by atoms with Gasteiger partial charge < -0.3 is 9.88 Å². The minimum absolute atomic E-state index is 0.237. The van der Waals surface area contributed by atoms with Crippen LogP contribution < -0.4 is 5.32 Å². The quantitative estimate of drug-likeness (QED) is 0.380. The average molecular weight is 478 g/mol. The van der Waals surface area contributed by atoms with E-state index in [0.717, 1.165) is 18.0 Å². The van der Waals surface area contributed by atoms with E-state index in [1.54, 1.807) is 23.6 Å². The molecule has 4 aromatic rings. The summed E-state index contributed by atoms with van der Waals surface area (Å²) in [5, 5.41) is 15.5.